The van der Waals surface area contributed by atoms with Gasteiger partial charge in [-0.1, -0.05) is 94.7 Å². The summed E-state index contributed by atoms with van der Waals surface area (Å²) in [5, 5.41) is 6.92. The topological polar surface area (TPSA) is 67.4 Å². The molecule has 2 amide bonds. The maximum atomic E-state index is 14.2. The Morgan fingerprint density at radius 1 is 1.05 bits per heavy atom. The lowest BCUT2D eigenvalue weighted by Crippen LogP contribution is -2.53. The van der Waals surface area contributed by atoms with Crippen molar-refractivity contribution in [3.63, 3.8) is 0 Å². The van der Waals surface area contributed by atoms with E-state index in [1.807, 2.05) is 49.4 Å². The molecule has 220 valence electrons. The van der Waals surface area contributed by atoms with Gasteiger partial charge in [0.15, 0.2) is 0 Å². The molecule has 0 aromatic heterocycles. The van der Waals surface area contributed by atoms with Crippen LogP contribution in [0.2, 0.25) is 5.02 Å². The Morgan fingerprint density at radius 2 is 1.70 bits per heavy atom. The van der Waals surface area contributed by atoms with E-state index in [1.54, 1.807) is 18.9 Å². The number of amides is 2. The highest BCUT2D eigenvalue weighted by Crippen LogP contribution is 2.42. The average Bonchev–Trinajstić information content (AvgIpc) is 2.95. The Hall–Kier alpha value is -2.18. The van der Waals surface area contributed by atoms with Gasteiger partial charge in [-0.05, 0) is 61.4 Å². The molecule has 2 aromatic carbocycles. The number of rotatable bonds is 9. The first-order chi connectivity index (χ1) is 19.2. The lowest BCUT2D eigenvalue weighted by Gasteiger charge is -2.34. The van der Waals surface area contributed by atoms with E-state index in [-0.39, 0.29) is 17.7 Å². The Labute approximate surface area is 250 Å². The highest BCUT2D eigenvalue weighted by atomic mass is 35.5. The third kappa shape index (κ3) is 9.44. The minimum Gasteiger partial charge on any atom is -0.497 e. The zero-order chi connectivity index (χ0) is 29.0. The summed E-state index contributed by atoms with van der Waals surface area (Å²) >= 11 is 8.43. The smallest absolute Gasteiger partial charge is 0.242 e. The molecule has 0 aliphatic carbocycles. The molecule has 2 atom stereocenters. The van der Waals surface area contributed by atoms with Crippen LogP contribution < -0.4 is 15.4 Å². The standard InChI is InChI=1S/C33H47ClN2O3S/c1-24(2)22-33(3,32(38)36-29-16-11-9-7-5-6-8-10-12-21-35-31(29)37)27-14-13-15-28(34)30(27)40-23-25-17-19-26(39-4)20-18-25/h13-15,17-20,24,29H,5-12,16,21-23H2,1-4H3,(H,35,37)(H,36,38). The van der Waals surface area contributed by atoms with Gasteiger partial charge in [-0.3, -0.25) is 9.59 Å². The summed E-state index contributed by atoms with van der Waals surface area (Å²) in [6, 6.07) is 13.3. The summed E-state index contributed by atoms with van der Waals surface area (Å²) in [7, 11) is 1.66. The molecule has 2 N–H and O–H groups in total. The molecule has 0 radical (unpaired) electrons. The number of hydrogen-bond acceptors (Lipinski definition) is 4. The molecule has 7 heteroatoms. The van der Waals surface area contributed by atoms with Gasteiger partial charge in [-0.2, -0.15) is 0 Å². The van der Waals surface area contributed by atoms with Crippen molar-refractivity contribution >= 4 is 35.2 Å². The molecule has 2 aromatic rings. The molecule has 1 saturated heterocycles. The van der Waals surface area contributed by atoms with Crippen LogP contribution in [-0.4, -0.2) is 31.5 Å². The fourth-order valence-electron chi connectivity index (χ4n) is 5.56. The van der Waals surface area contributed by atoms with Crippen LogP contribution in [0.15, 0.2) is 47.4 Å². The van der Waals surface area contributed by atoms with Gasteiger partial charge < -0.3 is 15.4 Å². The third-order valence-corrected chi connectivity index (χ3v) is 9.40. The Bertz CT molecular complexity index is 1090. The molecule has 1 fully saturated rings. The summed E-state index contributed by atoms with van der Waals surface area (Å²) in [6.45, 7) is 6.93. The number of nitrogens with one attached hydrogen (secondary N) is 2. The van der Waals surface area contributed by atoms with Gasteiger partial charge in [0, 0.05) is 17.2 Å². The number of methoxy groups -OCH3 is 1. The van der Waals surface area contributed by atoms with Crippen LogP contribution in [0.5, 0.6) is 5.75 Å². The molecule has 1 aliphatic heterocycles. The summed E-state index contributed by atoms with van der Waals surface area (Å²) in [5.41, 5.74) is 1.21. The van der Waals surface area contributed by atoms with Crippen LogP contribution in [0.1, 0.15) is 96.1 Å². The number of hydrogen-bond donors (Lipinski definition) is 2. The molecule has 3 rings (SSSR count). The second-order valence-electron chi connectivity index (χ2n) is 11.6. The summed E-state index contributed by atoms with van der Waals surface area (Å²) in [4.78, 5) is 28.3. The van der Waals surface area contributed by atoms with Gasteiger partial charge in [-0.15, -0.1) is 11.8 Å². The van der Waals surface area contributed by atoms with Gasteiger partial charge in [0.2, 0.25) is 11.8 Å². The minimum atomic E-state index is -0.844. The van der Waals surface area contributed by atoms with E-state index in [0.29, 0.717) is 30.2 Å². The summed E-state index contributed by atoms with van der Waals surface area (Å²) in [6.07, 6.45) is 10.4. The van der Waals surface area contributed by atoms with E-state index < -0.39 is 11.5 Å². The largest absolute Gasteiger partial charge is 0.497 e. The van der Waals surface area contributed by atoms with Crippen molar-refractivity contribution in [3.8, 4) is 5.75 Å². The van der Waals surface area contributed by atoms with Crippen LogP contribution in [0.3, 0.4) is 0 Å². The Morgan fingerprint density at radius 3 is 2.35 bits per heavy atom. The lowest BCUT2D eigenvalue weighted by atomic mass is 9.75. The quantitative estimate of drug-likeness (QED) is 0.292. The molecule has 5 nitrogen and oxygen atoms in total. The van der Waals surface area contributed by atoms with Crippen molar-refractivity contribution in [1.82, 2.24) is 10.6 Å². The van der Waals surface area contributed by atoms with Gasteiger partial charge in [0.05, 0.1) is 17.5 Å². The van der Waals surface area contributed by atoms with Crippen LogP contribution >= 0.6 is 23.4 Å². The van der Waals surface area contributed by atoms with Gasteiger partial charge in [0.1, 0.15) is 11.8 Å². The first-order valence-corrected chi connectivity index (χ1v) is 16.2. The molecule has 1 aliphatic rings. The number of thioether (sulfide) groups is 1. The second-order valence-corrected chi connectivity index (χ2v) is 13.0. The van der Waals surface area contributed by atoms with Crippen LogP contribution in [0.25, 0.3) is 0 Å². The molecule has 0 bridgehead atoms. The van der Waals surface area contributed by atoms with Gasteiger partial charge >= 0.3 is 0 Å². The highest BCUT2D eigenvalue weighted by Gasteiger charge is 2.40. The number of carbonyl (C=O) groups is 2. The number of carbonyl (C=O) groups excluding carboxylic acids is 2. The van der Waals surface area contributed by atoms with E-state index >= 15 is 0 Å². The van der Waals surface area contributed by atoms with Crippen LogP contribution in [0, 0.1) is 5.92 Å². The van der Waals surface area contributed by atoms with Crippen molar-refractivity contribution < 1.29 is 14.3 Å². The number of ether oxygens (including phenoxy) is 1. The van der Waals surface area contributed by atoms with E-state index in [2.05, 4.69) is 24.5 Å². The monoisotopic (exact) mass is 586 g/mol. The zero-order valence-corrected chi connectivity index (χ0v) is 26.3. The molecule has 40 heavy (non-hydrogen) atoms. The first-order valence-electron chi connectivity index (χ1n) is 14.9. The first kappa shape index (κ1) is 32.3. The van der Waals surface area contributed by atoms with Crippen molar-refractivity contribution in [2.24, 2.45) is 5.92 Å². The van der Waals surface area contributed by atoms with E-state index in [9.17, 15) is 9.59 Å². The predicted molar refractivity (Wildman–Crippen MR) is 167 cm³/mol. The molecule has 0 spiro atoms. The van der Waals surface area contributed by atoms with E-state index in [4.69, 9.17) is 16.3 Å². The Kier molecular flexibility index (Phi) is 13.2. The minimum absolute atomic E-state index is 0.0697. The third-order valence-electron chi connectivity index (χ3n) is 7.76. The predicted octanol–water partition coefficient (Wildman–Crippen LogP) is 8.07. The van der Waals surface area contributed by atoms with Crippen molar-refractivity contribution in [3.05, 3.63) is 58.6 Å². The fraction of sp³-hybridized carbons (Fsp3) is 0.576. The number of halogens is 1. The molecule has 2 unspecified atom stereocenters. The summed E-state index contributed by atoms with van der Waals surface area (Å²) < 4.78 is 5.29. The van der Waals surface area contributed by atoms with Crippen molar-refractivity contribution in [2.45, 2.75) is 107 Å². The second kappa shape index (κ2) is 16.3. The molecular weight excluding hydrogens is 540 g/mol. The van der Waals surface area contributed by atoms with Gasteiger partial charge in [0.25, 0.3) is 0 Å². The fourth-order valence-corrected chi connectivity index (χ4v) is 7.06. The zero-order valence-electron chi connectivity index (χ0n) is 24.7. The molecular formula is C33H47ClN2O3S. The summed E-state index contributed by atoms with van der Waals surface area (Å²) in [5.74, 6) is 1.62. The molecule has 0 saturated carbocycles. The van der Waals surface area contributed by atoms with E-state index in [0.717, 1.165) is 47.5 Å². The van der Waals surface area contributed by atoms with E-state index in [1.165, 1.54) is 25.7 Å². The van der Waals surface area contributed by atoms with Crippen molar-refractivity contribution in [1.29, 1.82) is 0 Å². The average molecular weight is 587 g/mol. The van der Waals surface area contributed by atoms with Crippen LogP contribution in [-0.2, 0) is 20.8 Å². The SMILES string of the molecule is COc1ccc(CSc2c(Cl)cccc2C(C)(CC(C)C)C(=O)NC2CCCCCCCCCCNC2=O)cc1. The van der Waals surface area contributed by atoms with Crippen molar-refractivity contribution in [2.75, 3.05) is 13.7 Å². The van der Waals surface area contributed by atoms with Crippen LogP contribution in [0.4, 0.5) is 0 Å². The normalized spacial score (nSPS) is 18.9. The molecule has 1 heterocycles. The maximum Gasteiger partial charge on any atom is 0.242 e. The lowest BCUT2D eigenvalue weighted by molar-refractivity contribution is -0.132. The number of benzene rings is 2. The maximum absolute atomic E-state index is 14.2. The highest BCUT2D eigenvalue weighted by molar-refractivity contribution is 7.98. The van der Waals surface area contributed by atoms with Gasteiger partial charge in [-0.25, -0.2) is 0 Å². The Balaban J connectivity index is 1.85.